The topological polar surface area (TPSA) is 88.8 Å². The van der Waals surface area contributed by atoms with E-state index in [1.54, 1.807) is 13.2 Å². The Bertz CT molecular complexity index is 927. The third-order valence-electron chi connectivity index (χ3n) is 5.64. The number of nitrogens with one attached hydrogen (secondary N) is 2. The average Bonchev–Trinajstić information content (AvgIpc) is 3.20. The van der Waals surface area contributed by atoms with Crippen LogP contribution < -0.4 is 15.5 Å². The number of nitrogens with zero attached hydrogens (tertiary/aromatic N) is 5. The number of benzene rings is 1. The zero-order valence-electron chi connectivity index (χ0n) is 18.8. The van der Waals surface area contributed by atoms with Crippen molar-refractivity contribution in [1.29, 1.82) is 0 Å². The summed E-state index contributed by atoms with van der Waals surface area (Å²) in [5, 5.41) is 11.3. The molecule has 1 aromatic carbocycles. The van der Waals surface area contributed by atoms with E-state index >= 15 is 0 Å². The number of ether oxygens (including phenoxy) is 2. The van der Waals surface area contributed by atoms with Gasteiger partial charge in [-0.05, 0) is 31.0 Å². The summed E-state index contributed by atoms with van der Waals surface area (Å²) in [5.74, 6) is 2.21. The predicted molar refractivity (Wildman–Crippen MR) is 120 cm³/mol. The molecule has 2 aliphatic rings. The molecule has 1 unspecified atom stereocenters. The molecule has 1 saturated heterocycles. The molecule has 0 radical (unpaired) electrons. The van der Waals surface area contributed by atoms with E-state index in [0.717, 1.165) is 43.3 Å². The molecule has 1 fully saturated rings. The molecule has 10 heteroatoms. The number of anilines is 1. The fourth-order valence-electron chi connectivity index (χ4n) is 4.06. The van der Waals surface area contributed by atoms with Crippen molar-refractivity contribution >= 4 is 11.6 Å². The Labute approximate surface area is 188 Å². The molecule has 174 valence electrons. The molecule has 0 aliphatic carbocycles. The minimum Gasteiger partial charge on any atom is -0.378 e. The van der Waals surface area contributed by atoms with E-state index in [1.165, 1.54) is 0 Å². The summed E-state index contributed by atoms with van der Waals surface area (Å²) in [6.45, 7) is 7.01. The van der Waals surface area contributed by atoms with Crippen LogP contribution in [0.5, 0.6) is 0 Å². The Balaban J connectivity index is 1.38. The SMILES string of the molecule is CCNC(=NCc1ccc(N2CCOCC2)c(F)c1)NC1CCc2nc(COC)nn2C1. The van der Waals surface area contributed by atoms with Crippen LogP contribution in [0.1, 0.15) is 30.6 Å². The standard InChI is InChI=1S/C22H32FN7O2/c1-3-24-22(26-17-5-7-21-27-20(15-31-2)28-30(21)14-17)25-13-16-4-6-19(18(23)12-16)29-8-10-32-11-9-29/h4,6,12,17H,3,5,7-11,13-15H2,1-2H3,(H2,24,25,26). The summed E-state index contributed by atoms with van der Waals surface area (Å²) in [4.78, 5) is 11.2. The van der Waals surface area contributed by atoms with Crippen molar-refractivity contribution in [2.24, 2.45) is 4.99 Å². The first-order valence-electron chi connectivity index (χ1n) is 11.2. The summed E-state index contributed by atoms with van der Waals surface area (Å²) in [6.07, 6.45) is 1.79. The van der Waals surface area contributed by atoms with E-state index in [4.69, 9.17) is 9.47 Å². The molecule has 0 bridgehead atoms. The van der Waals surface area contributed by atoms with Gasteiger partial charge in [0.1, 0.15) is 18.2 Å². The summed E-state index contributed by atoms with van der Waals surface area (Å²) in [7, 11) is 1.64. The van der Waals surface area contributed by atoms with E-state index in [-0.39, 0.29) is 11.9 Å². The number of fused-ring (bicyclic) bond motifs is 1. The molecule has 4 rings (SSSR count). The van der Waals surface area contributed by atoms with Gasteiger partial charge < -0.3 is 25.0 Å². The smallest absolute Gasteiger partial charge is 0.191 e. The fraction of sp³-hybridized carbons (Fsp3) is 0.591. The van der Waals surface area contributed by atoms with Crippen molar-refractivity contribution in [3.63, 3.8) is 0 Å². The highest BCUT2D eigenvalue weighted by Gasteiger charge is 2.22. The number of hydrogen-bond acceptors (Lipinski definition) is 6. The van der Waals surface area contributed by atoms with Crippen LogP contribution in [0.3, 0.4) is 0 Å². The first kappa shape index (κ1) is 22.5. The Morgan fingerprint density at radius 2 is 2.19 bits per heavy atom. The number of morpholine rings is 1. The van der Waals surface area contributed by atoms with Gasteiger partial charge >= 0.3 is 0 Å². The quantitative estimate of drug-likeness (QED) is 0.493. The van der Waals surface area contributed by atoms with Gasteiger partial charge in [-0.2, -0.15) is 5.10 Å². The van der Waals surface area contributed by atoms with Gasteiger partial charge in [-0.25, -0.2) is 19.0 Å². The number of rotatable bonds is 7. The molecule has 2 N–H and O–H groups in total. The first-order valence-corrected chi connectivity index (χ1v) is 11.2. The Kier molecular flexibility index (Phi) is 7.54. The van der Waals surface area contributed by atoms with Crippen molar-refractivity contribution in [3.8, 4) is 0 Å². The van der Waals surface area contributed by atoms with E-state index < -0.39 is 0 Å². The molecule has 0 saturated carbocycles. The van der Waals surface area contributed by atoms with Gasteiger partial charge in [-0.3, -0.25) is 0 Å². The lowest BCUT2D eigenvalue weighted by Crippen LogP contribution is -2.47. The highest BCUT2D eigenvalue weighted by Crippen LogP contribution is 2.22. The number of halogens is 1. The average molecular weight is 446 g/mol. The Morgan fingerprint density at radius 1 is 1.34 bits per heavy atom. The van der Waals surface area contributed by atoms with Gasteiger partial charge in [0.2, 0.25) is 0 Å². The zero-order chi connectivity index (χ0) is 22.3. The van der Waals surface area contributed by atoms with Gasteiger partial charge in [0, 0.05) is 39.2 Å². The van der Waals surface area contributed by atoms with E-state index in [1.807, 2.05) is 28.6 Å². The van der Waals surface area contributed by atoms with Crippen LogP contribution in [0.2, 0.25) is 0 Å². The van der Waals surface area contributed by atoms with Crippen molar-refractivity contribution in [2.75, 3.05) is 44.9 Å². The lowest BCUT2D eigenvalue weighted by Gasteiger charge is -2.29. The minimum atomic E-state index is -0.213. The molecular weight excluding hydrogens is 413 g/mol. The maximum atomic E-state index is 14.7. The monoisotopic (exact) mass is 445 g/mol. The largest absolute Gasteiger partial charge is 0.378 e. The van der Waals surface area contributed by atoms with E-state index in [2.05, 4.69) is 25.7 Å². The van der Waals surface area contributed by atoms with Crippen LogP contribution >= 0.6 is 0 Å². The van der Waals surface area contributed by atoms with Crippen molar-refractivity contribution in [1.82, 2.24) is 25.4 Å². The summed E-state index contributed by atoms with van der Waals surface area (Å²) >= 11 is 0. The molecular formula is C22H32FN7O2. The molecule has 3 heterocycles. The maximum absolute atomic E-state index is 14.7. The van der Waals surface area contributed by atoms with E-state index in [0.29, 0.717) is 51.0 Å². The molecule has 32 heavy (non-hydrogen) atoms. The lowest BCUT2D eigenvalue weighted by molar-refractivity contribution is 0.122. The lowest BCUT2D eigenvalue weighted by atomic mass is 10.1. The maximum Gasteiger partial charge on any atom is 0.191 e. The summed E-state index contributed by atoms with van der Waals surface area (Å²) in [5.41, 5.74) is 1.47. The summed E-state index contributed by atoms with van der Waals surface area (Å²) < 4.78 is 27.1. The van der Waals surface area contributed by atoms with Crippen molar-refractivity contribution < 1.29 is 13.9 Å². The van der Waals surface area contributed by atoms with Gasteiger partial charge in [0.15, 0.2) is 11.8 Å². The van der Waals surface area contributed by atoms with Gasteiger partial charge in [0.25, 0.3) is 0 Å². The minimum absolute atomic E-state index is 0.192. The molecule has 2 aromatic rings. The number of hydrogen-bond donors (Lipinski definition) is 2. The van der Waals surface area contributed by atoms with Crippen LogP contribution in [0.15, 0.2) is 23.2 Å². The molecule has 1 atom stereocenters. The van der Waals surface area contributed by atoms with Gasteiger partial charge in [-0.1, -0.05) is 6.07 Å². The van der Waals surface area contributed by atoms with Crippen molar-refractivity contribution in [3.05, 3.63) is 41.2 Å². The second-order valence-corrected chi connectivity index (χ2v) is 8.02. The Morgan fingerprint density at radius 3 is 2.94 bits per heavy atom. The van der Waals surface area contributed by atoms with Gasteiger partial charge in [0.05, 0.1) is 32.0 Å². The second kappa shape index (κ2) is 10.7. The first-order chi connectivity index (χ1) is 15.7. The number of methoxy groups -OCH3 is 1. The number of aromatic nitrogens is 3. The number of guanidine groups is 1. The van der Waals surface area contributed by atoms with Crippen LogP contribution in [0.25, 0.3) is 0 Å². The Hall–Kier alpha value is -2.72. The number of aliphatic imine (C=N–C) groups is 1. The van der Waals surface area contributed by atoms with Crippen LogP contribution in [-0.4, -0.2) is 66.7 Å². The van der Waals surface area contributed by atoms with Crippen LogP contribution in [0.4, 0.5) is 10.1 Å². The molecule has 0 spiro atoms. The van der Waals surface area contributed by atoms with Crippen LogP contribution in [0, 0.1) is 5.82 Å². The second-order valence-electron chi connectivity index (χ2n) is 8.02. The van der Waals surface area contributed by atoms with Gasteiger partial charge in [-0.15, -0.1) is 0 Å². The third kappa shape index (κ3) is 5.55. The molecule has 2 aliphatic heterocycles. The molecule has 9 nitrogen and oxygen atoms in total. The fourth-order valence-corrected chi connectivity index (χ4v) is 4.06. The van der Waals surface area contributed by atoms with Crippen molar-refractivity contribution in [2.45, 2.75) is 45.5 Å². The molecule has 0 amide bonds. The van der Waals surface area contributed by atoms with Crippen LogP contribution in [-0.2, 0) is 35.6 Å². The van der Waals surface area contributed by atoms with E-state index in [9.17, 15) is 4.39 Å². The zero-order valence-corrected chi connectivity index (χ0v) is 18.8. The molecule has 1 aromatic heterocycles. The highest BCUT2D eigenvalue weighted by molar-refractivity contribution is 5.80. The number of aryl methyl sites for hydroxylation is 1. The predicted octanol–water partition coefficient (Wildman–Crippen LogP) is 1.47. The highest BCUT2D eigenvalue weighted by atomic mass is 19.1. The third-order valence-corrected chi connectivity index (χ3v) is 5.64. The summed E-state index contributed by atoms with van der Waals surface area (Å²) in [6, 6.07) is 5.56. The normalized spacial score (nSPS) is 19.0.